The minimum atomic E-state index is 0.925. The number of allylic oxidation sites excluding steroid dienone is 5. The summed E-state index contributed by atoms with van der Waals surface area (Å²) in [5.41, 5.74) is 1.31. The van der Waals surface area contributed by atoms with Crippen LogP contribution in [0.3, 0.4) is 0 Å². The standard InChI is InChI=1S/C29H53N2Si/c1-31(2,28-29-22-18-17-19-23-29)26-25-30-24-20-15-13-11-9-7-5-3-4-6-8-10-12-14-16-21-27-32/h17-19,22-23,28,30H,3-16,20-21,24-27H2,1-2H3/q+2. The van der Waals surface area contributed by atoms with Crippen molar-refractivity contribution in [2.45, 2.75) is 109 Å². The lowest BCUT2D eigenvalue weighted by molar-refractivity contribution is -0.837. The number of quaternary nitrogens is 1. The monoisotopic (exact) mass is 457 g/mol. The lowest BCUT2D eigenvalue weighted by atomic mass is 10.0. The second kappa shape index (κ2) is 20.8. The molecule has 0 saturated carbocycles. The SMILES string of the molecule is C[N+](C)(C=C1C=CC=C[CH+]1)CCNCCCCCCCCCCCCCCCCCC[Si]. The summed E-state index contributed by atoms with van der Waals surface area (Å²) in [7, 11) is 8.12. The molecule has 1 rings (SSSR count). The van der Waals surface area contributed by atoms with Crippen molar-refractivity contribution in [2.75, 3.05) is 33.7 Å². The van der Waals surface area contributed by atoms with Gasteiger partial charge in [-0.05, 0) is 13.0 Å². The van der Waals surface area contributed by atoms with Crippen molar-refractivity contribution in [3.63, 3.8) is 0 Å². The molecule has 3 radical (unpaired) electrons. The summed E-state index contributed by atoms with van der Waals surface area (Å²) in [5.74, 6) is 0. The first-order chi connectivity index (χ1) is 15.6. The number of nitrogens with zero attached hydrogens (tertiary/aromatic N) is 1. The van der Waals surface area contributed by atoms with Crippen molar-refractivity contribution in [3.05, 3.63) is 42.5 Å². The van der Waals surface area contributed by atoms with Gasteiger partial charge in [-0.2, -0.15) is 0 Å². The maximum Gasteiger partial charge on any atom is 0.177 e. The first kappa shape index (κ1) is 29.3. The third kappa shape index (κ3) is 18.8. The fourth-order valence-corrected chi connectivity index (χ4v) is 4.60. The molecule has 0 saturated heterocycles. The zero-order chi connectivity index (χ0) is 23.2. The minimum absolute atomic E-state index is 0.925. The zero-order valence-corrected chi connectivity index (χ0v) is 22.6. The molecule has 0 spiro atoms. The number of rotatable bonds is 22. The molecular weight excluding hydrogens is 404 g/mol. The van der Waals surface area contributed by atoms with E-state index < -0.39 is 0 Å². The zero-order valence-electron chi connectivity index (χ0n) is 21.6. The van der Waals surface area contributed by atoms with Crippen LogP contribution in [0.4, 0.5) is 0 Å². The van der Waals surface area contributed by atoms with Crippen molar-refractivity contribution < 1.29 is 4.48 Å². The molecular formula is C29H53N2Si+2. The predicted molar refractivity (Wildman–Crippen MR) is 145 cm³/mol. The van der Waals surface area contributed by atoms with Gasteiger partial charge in [-0.3, -0.25) is 4.48 Å². The van der Waals surface area contributed by atoms with Crippen molar-refractivity contribution in [1.29, 1.82) is 0 Å². The van der Waals surface area contributed by atoms with Crippen LogP contribution in [0, 0.1) is 6.42 Å². The largest absolute Gasteiger partial charge is 0.311 e. The molecule has 0 aliphatic heterocycles. The van der Waals surface area contributed by atoms with Crippen LogP contribution in [-0.4, -0.2) is 48.5 Å². The summed E-state index contributed by atoms with van der Waals surface area (Å²) in [4.78, 5) is 0. The van der Waals surface area contributed by atoms with Gasteiger partial charge in [0.15, 0.2) is 6.20 Å². The molecule has 181 valence electrons. The van der Waals surface area contributed by atoms with Crippen LogP contribution in [0.25, 0.3) is 0 Å². The van der Waals surface area contributed by atoms with E-state index in [1.165, 1.54) is 121 Å². The fourth-order valence-electron chi connectivity index (χ4n) is 4.35. The topological polar surface area (TPSA) is 12.0 Å². The van der Waals surface area contributed by atoms with Gasteiger partial charge in [-0.25, -0.2) is 0 Å². The van der Waals surface area contributed by atoms with Crippen molar-refractivity contribution >= 4 is 10.2 Å². The van der Waals surface area contributed by atoms with E-state index in [4.69, 9.17) is 0 Å². The highest BCUT2D eigenvalue weighted by Gasteiger charge is 2.17. The van der Waals surface area contributed by atoms with E-state index in [0.29, 0.717) is 0 Å². The highest BCUT2D eigenvalue weighted by atomic mass is 28.1. The molecule has 1 aliphatic carbocycles. The molecule has 0 bridgehead atoms. The van der Waals surface area contributed by atoms with Crippen molar-refractivity contribution in [2.24, 2.45) is 0 Å². The molecule has 1 N–H and O–H groups in total. The highest BCUT2D eigenvalue weighted by Crippen LogP contribution is 2.14. The van der Waals surface area contributed by atoms with Crippen LogP contribution >= 0.6 is 0 Å². The van der Waals surface area contributed by atoms with Crippen LogP contribution in [-0.2, 0) is 0 Å². The summed E-state index contributed by atoms with van der Waals surface area (Å²) < 4.78 is 0.925. The Kier molecular flexibility index (Phi) is 19.0. The van der Waals surface area contributed by atoms with Gasteiger partial charge in [0.1, 0.15) is 12.1 Å². The normalized spacial score (nSPS) is 14.9. The van der Waals surface area contributed by atoms with Crippen LogP contribution in [0.5, 0.6) is 0 Å². The molecule has 0 amide bonds. The lowest BCUT2D eigenvalue weighted by Gasteiger charge is -2.23. The Morgan fingerprint density at radius 1 is 0.719 bits per heavy atom. The Balaban J connectivity index is 1.77. The molecule has 3 heteroatoms. The maximum absolute atomic E-state index is 3.64. The molecule has 0 heterocycles. The Morgan fingerprint density at radius 3 is 1.69 bits per heavy atom. The van der Waals surface area contributed by atoms with E-state index in [2.05, 4.69) is 66.6 Å². The first-order valence-electron chi connectivity index (χ1n) is 13.7. The summed E-state index contributed by atoms with van der Waals surface area (Å²) >= 11 is 0. The first-order valence-corrected chi connectivity index (χ1v) is 14.4. The maximum atomic E-state index is 3.64. The van der Waals surface area contributed by atoms with Gasteiger partial charge >= 0.3 is 0 Å². The number of likely N-dealkylation sites (N-methyl/N-ethyl adjacent to an activating group) is 1. The smallest absolute Gasteiger partial charge is 0.177 e. The predicted octanol–water partition coefficient (Wildman–Crippen LogP) is 7.69. The highest BCUT2D eigenvalue weighted by molar-refractivity contribution is 6.08. The molecule has 2 nitrogen and oxygen atoms in total. The summed E-state index contributed by atoms with van der Waals surface area (Å²) in [6.45, 7) is 3.39. The lowest BCUT2D eigenvalue weighted by Crippen LogP contribution is -2.40. The second-order valence-corrected chi connectivity index (χ2v) is 10.7. The van der Waals surface area contributed by atoms with E-state index in [9.17, 15) is 0 Å². The van der Waals surface area contributed by atoms with E-state index in [1.54, 1.807) is 0 Å². The number of unbranched alkanes of at least 4 members (excludes halogenated alkanes) is 15. The van der Waals surface area contributed by atoms with Gasteiger partial charge in [-0.1, -0.05) is 102 Å². The van der Waals surface area contributed by atoms with E-state index in [0.717, 1.165) is 17.6 Å². The van der Waals surface area contributed by atoms with Crippen LogP contribution in [0.15, 0.2) is 36.1 Å². The minimum Gasteiger partial charge on any atom is -0.311 e. The van der Waals surface area contributed by atoms with E-state index in [1.807, 2.05) is 0 Å². The Labute approximate surface area is 205 Å². The fraction of sp³-hybridized carbons (Fsp3) is 0.759. The summed E-state index contributed by atoms with van der Waals surface area (Å²) in [6, 6.07) is 1.17. The number of hydrogen-bond acceptors (Lipinski definition) is 1. The van der Waals surface area contributed by atoms with Gasteiger partial charge in [0.05, 0.1) is 14.1 Å². The second-order valence-electron chi connectivity index (χ2n) is 10.2. The van der Waals surface area contributed by atoms with E-state index in [-0.39, 0.29) is 0 Å². The summed E-state index contributed by atoms with van der Waals surface area (Å²) in [6.07, 6.45) is 35.9. The average molecular weight is 458 g/mol. The molecule has 0 atom stereocenters. The number of hydrogen-bond donors (Lipinski definition) is 1. The third-order valence-electron chi connectivity index (χ3n) is 6.44. The van der Waals surface area contributed by atoms with Gasteiger partial charge in [0, 0.05) is 47.5 Å². The van der Waals surface area contributed by atoms with Crippen LogP contribution < -0.4 is 5.32 Å². The molecule has 1 aliphatic rings. The Morgan fingerprint density at radius 2 is 1.22 bits per heavy atom. The quantitative estimate of drug-likeness (QED) is 0.0760. The molecule has 0 aromatic carbocycles. The van der Waals surface area contributed by atoms with Crippen LogP contribution in [0.1, 0.15) is 103 Å². The third-order valence-corrected chi connectivity index (χ3v) is 6.80. The Hall–Kier alpha value is -0.773. The van der Waals surface area contributed by atoms with Gasteiger partial charge in [0.25, 0.3) is 0 Å². The molecule has 32 heavy (non-hydrogen) atoms. The van der Waals surface area contributed by atoms with E-state index >= 15 is 0 Å². The molecule has 0 unspecified atom stereocenters. The average Bonchev–Trinajstić information content (AvgIpc) is 2.78. The number of nitrogens with one attached hydrogen (secondary N) is 1. The molecule has 0 aromatic rings. The van der Waals surface area contributed by atoms with Gasteiger partial charge in [0.2, 0.25) is 0 Å². The van der Waals surface area contributed by atoms with Crippen molar-refractivity contribution in [1.82, 2.24) is 5.32 Å². The Bertz CT molecular complexity index is 507. The molecule has 0 fully saturated rings. The van der Waals surface area contributed by atoms with Crippen molar-refractivity contribution in [3.8, 4) is 0 Å². The van der Waals surface area contributed by atoms with Gasteiger partial charge in [-0.15, -0.1) is 0 Å². The van der Waals surface area contributed by atoms with Crippen LogP contribution in [0.2, 0.25) is 6.04 Å². The summed E-state index contributed by atoms with van der Waals surface area (Å²) in [5, 5.41) is 3.64. The molecule has 0 aromatic heterocycles. The van der Waals surface area contributed by atoms with Gasteiger partial charge < -0.3 is 5.32 Å².